The Hall–Kier alpha value is -0.110. The second kappa shape index (κ2) is 6.79. The number of halogens is 1. The minimum Gasteiger partial charge on any atom is -0.300 e. The summed E-state index contributed by atoms with van der Waals surface area (Å²) in [6, 6.07) is 0.855. The maximum atomic E-state index is 13.7. The van der Waals surface area contributed by atoms with E-state index in [4.69, 9.17) is 0 Å². The summed E-state index contributed by atoms with van der Waals surface area (Å²) < 4.78 is 13.7. The Morgan fingerprint density at radius 2 is 1.64 bits per heavy atom. The van der Waals surface area contributed by atoms with Crippen LogP contribution in [0.15, 0.2) is 0 Å². The molecule has 126 valence electrons. The van der Waals surface area contributed by atoms with E-state index in [9.17, 15) is 4.39 Å². The molecule has 4 rings (SSSR count). The third-order valence-corrected chi connectivity index (χ3v) is 7.51. The van der Waals surface area contributed by atoms with Crippen LogP contribution in [0.2, 0.25) is 0 Å². The second-order valence-corrected chi connectivity index (χ2v) is 8.78. The fourth-order valence-corrected chi connectivity index (χ4v) is 6.55. The van der Waals surface area contributed by atoms with E-state index in [0.717, 1.165) is 43.1 Å². The third kappa shape index (κ3) is 3.09. The molecule has 0 aromatic carbocycles. The molecule has 1 aliphatic heterocycles. The van der Waals surface area contributed by atoms with Gasteiger partial charge in [-0.3, -0.25) is 4.90 Å². The zero-order valence-electron chi connectivity index (χ0n) is 14.2. The van der Waals surface area contributed by atoms with E-state index in [0.29, 0.717) is 5.92 Å². The Morgan fingerprint density at radius 1 is 0.773 bits per heavy atom. The molecule has 3 saturated carbocycles. The Morgan fingerprint density at radius 3 is 2.55 bits per heavy atom. The van der Waals surface area contributed by atoms with Gasteiger partial charge >= 0.3 is 0 Å². The average Bonchev–Trinajstić information content (AvgIpc) is 2.55. The van der Waals surface area contributed by atoms with Crippen LogP contribution in [0.25, 0.3) is 0 Å². The van der Waals surface area contributed by atoms with Crippen LogP contribution in [0.5, 0.6) is 0 Å². The first-order valence-corrected chi connectivity index (χ1v) is 10.2. The highest BCUT2D eigenvalue weighted by Gasteiger charge is 2.44. The standard InChI is InChI=1S/C20H34FN/c21-17-7-3-5-15(13-17)14-22-12-4-9-19-18-8-2-1-6-16(18)10-11-20(19)22/h15-20H,1-14H2. The first kappa shape index (κ1) is 15.4. The van der Waals surface area contributed by atoms with Crippen LogP contribution in [-0.4, -0.2) is 30.2 Å². The Balaban J connectivity index is 1.41. The molecule has 0 spiro atoms. The van der Waals surface area contributed by atoms with Gasteiger partial charge in [-0.25, -0.2) is 4.39 Å². The quantitative estimate of drug-likeness (QED) is 0.678. The lowest BCUT2D eigenvalue weighted by atomic mass is 9.61. The first-order chi connectivity index (χ1) is 10.8. The molecule has 0 amide bonds. The maximum absolute atomic E-state index is 13.7. The molecule has 6 atom stereocenters. The molecule has 4 aliphatic rings. The van der Waals surface area contributed by atoms with Crippen LogP contribution >= 0.6 is 0 Å². The molecule has 6 unspecified atom stereocenters. The van der Waals surface area contributed by atoms with Gasteiger partial charge in [0.2, 0.25) is 0 Å². The SMILES string of the molecule is FC1CCCC(CN2CCCC3C4CCCCC4CCC32)C1. The summed E-state index contributed by atoms with van der Waals surface area (Å²) in [5, 5.41) is 0. The number of alkyl halides is 1. The number of hydrogen-bond acceptors (Lipinski definition) is 1. The molecule has 3 aliphatic carbocycles. The summed E-state index contributed by atoms with van der Waals surface area (Å²) in [7, 11) is 0. The largest absolute Gasteiger partial charge is 0.300 e. The van der Waals surface area contributed by atoms with Crippen molar-refractivity contribution < 1.29 is 4.39 Å². The molecule has 22 heavy (non-hydrogen) atoms. The molecule has 0 radical (unpaired) electrons. The Bertz CT molecular complexity index is 371. The lowest BCUT2D eigenvalue weighted by Gasteiger charge is -2.53. The van der Waals surface area contributed by atoms with Gasteiger partial charge in [0.1, 0.15) is 6.17 Å². The summed E-state index contributed by atoms with van der Waals surface area (Å²) in [6.45, 7) is 2.50. The highest BCUT2D eigenvalue weighted by molar-refractivity contribution is 4.96. The molecule has 0 bridgehead atoms. The minimum atomic E-state index is -0.506. The van der Waals surface area contributed by atoms with Crippen LogP contribution in [0.3, 0.4) is 0 Å². The molecule has 0 N–H and O–H groups in total. The van der Waals surface area contributed by atoms with Crippen molar-refractivity contribution >= 4 is 0 Å². The van der Waals surface area contributed by atoms with Crippen molar-refractivity contribution in [2.24, 2.45) is 23.7 Å². The van der Waals surface area contributed by atoms with E-state index in [-0.39, 0.29) is 0 Å². The lowest BCUT2D eigenvalue weighted by molar-refractivity contribution is -0.0279. The molecular weight excluding hydrogens is 273 g/mol. The van der Waals surface area contributed by atoms with Gasteiger partial charge in [0.25, 0.3) is 0 Å². The molecule has 4 fully saturated rings. The molecular formula is C20H34FN. The van der Waals surface area contributed by atoms with Gasteiger partial charge in [-0.05, 0) is 81.6 Å². The minimum absolute atomic E-state index is 0.506. The van der Waals surface area contributed by atoms with Crippen molar-refractivity contribution in [3.8, 4) is 0 Å². The second-order valence-electron chi connectivity index (χ2n) is 8.78. The van der Waals surface area contributed by atoms with Crippen LogP contribution in [0, 0.1) is 23.7 Å². The van der Waals surface area contributed by atoms with E-state index >= 15 is 0 Å². The smallest absolute Gasteiger partial charge is 0.100 e. The van der Waals surface area contributed by atoms with Gasteiger partial charge in [0, 0.05) is 12.6 Å². The first-order valence-electron chi connectivity index (χ1n) is 10.2. The van der Waals surface area contributed by atoms with E-state index in [1.165, 1.54) is 70.9 Å². The summed E-state index contributed by atoms with van der Waals surface area (Å²) in [6.07, 6.45) is 15.4. The number of fused-ring (bicyclic) bond motifs is 3. The maximum Gasteiger partial charge on any atom is 0.100 e. The zero-order chi connectivity index (χ0) is 14.9. The van der Waals surface area contributed by atoms with Crippen molar-refractivity contribution in [2.45, 2.75) is 89.3 Å². The van der Waals surface area contributed by atoms with E-state index < -0.39 is 6.17 Å². The average molecular weight is 307 g/mol. The van der Waals surface area contributed by atoms with Crippen molar-refractivity contribution in [3.05, 3.63) is 0 Å². The van der Waals surface area contributed by atoms with Gasteiger partial charge in [0.05, 0.1) is 0 Å². The van der Waals surface area contributed by atoms with Crippen molar-refractivity contribution in [1.29, 1.82) is 0 Å². The van der Waals surface area contributed by atoms with Crippen LogP contribution in [0.4, 0.5) is 4.39 Å². The lowest BCUT2D eigenvalue weighted by Crippen LogP contribution is -2.53. The van der Waals surface area contributed by atoms with E-state index in [1.807, 2.05) is 0 Å². The summed E-state index contributed by atoms with van der Waals surface area (Å²) in [5.41, 5.74) is 0. The molecule has 1 nitrogen and oxygen atoms in total. The predicted octanol–water partition coefficient (Wildman–Crippen LogP) is 5.20. The summed E-state index contributed by atoms with van der Waals surface area (Å²) >= 11 is 0. The highest BCUT2D eigenvalue weighted by atomic mass is 19.1. The number of piperidine rings is 1. The summed E-state index contributed by atoms with van der Waals surface area (Å²) in [5.74, 6) is 3.72. The molecule has 1 heterocycles. The molecule has 2 heteroatoms. The Labute approximate surface area is 136 Å². The van der Waals surface area contributed by atoms with Gasteiger partial charge in [-0.15, -0.1) is 0 Å². The highest BCUT2D eigenvalue weighted by Crippen LogP contribution is 2.48. The van der Waals surface area contributed by atoms with E-state index in [2.05, 4.69) is 4.90 Å². The zero-order valence-corrected chi connectivity index (χ0v) is 14.2. The number of nitrogens with zero attached hydrogens (tertiary/aromatic N) is 1. The van der Waals surface area contributed by atoms with Gasteiger partial charge in [0.15, 0.2) is 0 Å². The van der Waals surface area contributed by atoms with Crippen molar-refractivity contribution in [3.63, 3.8) is 0 Å². The fraction of sp³-hybridized carbons (Fsp3) is 1.00. The van der Waals surface area contributed by atoms with Gasteiger partial charge in [-0.2, -0.15) is 0 Å². The van der Waals surface area contributed by atoms with Crippen LogP contribution < -0.4 is 0 Å². The van der Waals surface area contributed by atoms with Gasteiger partial charge < -0.3 is 0 Å². The predicted molar refractivity (Wildman–Crippen MR) is 89.6 cm³/mol. The Kier molecular flexibility index (Phi) is 4.76. The van der Waals surface area contributed by atoms with Crippen molar-refractivity contribution in [1.82, 2.24) is 4.90 Å². The monoisotopic (exact) mass is 307 g/mol. The van der Waals surface area contributed by atoms with E-state index in [1.54, 1.807) is 0 Å². The molecule has 0 aromatic rings. The normalized spacial score (nSPS) is 46.8. The fourth-order valence-electron chi connectivity index (χ4n) is 6.55. The number of likely N-dealkylation sites (tertiary alicyclic amines) is 1. The van der Waals surface area contributed by atoms with Crippen LogP contribution in [-0.2, 0) is 0 Å². The molecule has 1 saturated heterocycles. The van der Waals surface area contributed by atoms with Crippen LogP contribution in [0.1, 0.15) is 77.0 Å². The third-order valence-electron chi connectivity index (χ3n) is 7.51. The number of rotatable bonds is 2. The van der Waals surface area contributed by atoms with Crippen molar-refractivity contribution in [2.75, 3.05) is 13.1 Å². The molecule has 0 aromatic heterocycles. The summed E-state index contributed by atoms with van der Waals surface area (Å²) in [4.78, 5) is 2.82. The topological polar surface area (TPSA) is 3.24 Å². The van der Waals surface area contributed by atoms with Gasteiger partial charge in [-0.1, -0.05) is 25.7 Å². The number of hydrogen-bond donors (Lipinski definition) is 0.